The fraction of sp³-hybridized carbons (Fsp3) is 0.346. The van der Waals surface area contributed by atoms with Crippen LogP contribution in [0.15, 0.2) is 58.8 Å². The zero-order valence-electron chi connectivity index (χ0n) is 20.4. The van der Waals surface area contributed by atoms with E-state index in [1.807, 2.05) is 62.4 Å². The zero-order valence-corrected chi connectivity index (χ0v) is 20.4. The Hall–Kier alpha value is -3.85. The van der Waals surface area contributed by atoms with Crippen molar-refractivity contribution in [2.45, 2.75) is 26.3 Å². The van der Waals surface area contributed by atoms with Crippen LogP contribution in [0.3, 0.4) is 0 Å². The van der Waals surface area contributed by atoms with Gasteiger partial charge in [0.2, 0.25) is 5.82 Å². The van der Waals surface area contributed by atoms with Gasteiger partial charge in [0.15, 0.2) is 0 Å². The number of ether oxygens (including phenoxy) is 3. The second-order valence-electron chi connectivity index (χ2n) is 8.03. The SMILES string of the molecule is CCOc1ccc(-c2noc(C3=C(C)N(CCCOC)C(=O)NC3c3ccc(OC)cc3)n2)cc1. The molecular weight excluding hydrogens is 448 g/mol. The number of hydrogen-bond acceptors (Lipinski definition) is 7. The highest BCUT2D eigenvalue weighted by molar-refractivity contribution is 5.86. The van der Waals surface area contributed by atoms with Crippen LogP contribution in [0.4, 0.5) is 4.79 Å². The molecule has 9 heteroatoms. The molecule has 0 saturated heterocycles. The van der Waals surface area contributed by atoms with Gasteiger partial charge >= 0.3 is 6.03 Å². The van der Waals surface area contributed by atoms with Crippen molar-refractivity contribution in [3.63, 3.8) is 0 Å². The lowest BCUT2D eigenvalue weighted by molar-refractivity contribution is 0.174. The van der Waals surface area contributed by atoms with Crippen LogP contribution in [0.1, 0.15) is 37.8 Å². The number of rotatable bonds is 10. The maximum absolute atomic E-state index is 13.0. The number of carbonyl (C=O) groups is 1. The monoisotopic (exact) mass is 478 g/mol. The molecule has 2 aromatic carbocycles. The van der Waals surface area contributed by atoms with E-state index in [0.717, 1.165) is 33.9 Å². The third-order valence-corrected chi connectivity index (χ3v) is 5.86. The predicted octanol–water partition coefficient (Wildman–Crippen LogP) is 4.68. The van der Waals surface area contributed by atoms with Gasteiger partial charge in [0.1, 0.15) is 11.5 Å². The second kappa shape index (κ2) is 11.1. The average Bonchev–Trinajstić information content (AvgIpc) is 3.36. The molecular formula is C26H30N4O5. The van der Waals surface area contributed by atoms with E-state index in [1.54, 1.807) is 19.1 Å². The van der Waals surface area contributed by atoms with Crippen LogP contribution in [0.5, 0.6) is 11.5 Å². The van der Waals surface area contributed by atoms with Gasteiger partial charge < -0.3 is 24.1 Å². The van der Waals surface area contributed by atoms with Crippen LogP contribution in [0.2, 0.25) is 0 Å². The van der Waals surface area contributed by atoms with E-state index in [0.29, 0.717) is 37.9 Å². The van der Waals surface area contributed by atoms with E-state index in [2.05, 4.69) is 10.5 Å². The number of aromatic nitrogens is 2. The third kappa shape index (κ3) is 5.30. The Kier molecular flexibility index (Phi) is 7.67. The van der Waals surface area contributed by atoms with Gasteiger partial charge in [-0.2, -0.15) is 4.98 Å². The molecule has 1 aliphatic heterocycles. The second-order valence-corrected chi connectivity index (χ2v) is 8.03. The van der Waals surface area contributed by atoms with Gasteiger partial charge in [-0.25, -0.2) is 4.79 Å². The minimum Gasteiger partial charge on any atom is -0.497 e. The minimum atomic E-state index is -0.458. The number of hydrogen-bond donors (Lipinski definition) is 1. The highest BCUT2D eigenvalue weighted by Crippen LogP contribution is 2.38. The van der Waals surface area contributed by atoms with E-state index in [-0.39, 0.29) is 6.03 Å². The molecule has 184 valence electrons. The first-order valence-electron chi connectivity index (χ1n) is 11.5. The lowest BCUT2D eigenvalue weighted by atomic mass is 9.94. The van der Waals surface area contributed by atoms with Gasteiger partial charge in [-0.05, 0) is 62.2 Å². The van der Waals surface area contributed by atoms with Gasteiger partial charge in [-0.1, -0.05) is 17.3 Å². The standard InChI is InChI=1S/C26H30N4O5/c1-5-34-21-13-9-19(10-14-21)24-28-25(35-29-24)22-17(2)30(15-6-16-32-3)26(31)27-23(22)18-7-11-20(33-4)12-8-18/h7-14,23H,5-6,15-16H2,1-4H3,(H,27,31). The van der Waals surface area contributed by atoms with Crippen molar-refractivity contribution < 1.29 is 23.5 Å². The molecule has 1 aliphatic rings. The topological polar surface area (TPSA) is 99.0 Å². The molecule has 1 atom stereocenters. The normalized spacial score (nSPS) is 15.8. The van der Waals surface area contributed by atoms with Crippen LogP contribution in [-0.4, -0.2) is 55.0 Å². The van der Waals surface area contributed by atoms with Gasteiger partial charge in [-0.3, -0.25) is 4.90 Å². The highest BCUT2D eigenvalue weighted by atomic mass is 16.5. The number of methoxy groups -OCH3 is 2. The smallest absolute Gasteiger partial charge is 0.322 e. The summed E-state index contributed by atoms with van der Waals surface area (Å²) < 4.78 is 21.7. The van der Waals surface area contributed by atoms with E-state index >= 15 is 0 Å². The lowest BCUT2D eigenvalue weighted by Gasteiger charge is -2.35. The molecule has 2 amide bonds. The Balaban J connectivity index is 1.72. The van der Waals surface area contributed by atoms with Crippen molar-refractivity contribution >= 4 is 11.6 Å². The van der Waals surface area contributed by atoms with E-state index in [9.17, 15) is 4.79 Å². The van der Waals surface area contributed by atoms with Crippen LogP contribution >= 0.6 is 0 Å². The average molecular weight is 479 g/mol. The number of allylic oxidation sites excluding steroid dienone is 1. The molecule has 0 spiro atoms. The number of urea groups is 1. The predicted molar refractivity (Wildman–Crippen MR) is 131 cm³/mol. The fourth-order valence-electron chi connectivity index (χ4n) is 4.06. The van der Waals surface area contributed by atoms with Crippen molar-refractivity contribution in [1.82, 2.24) is 20.4 Å². The van der Waals surface area contributed by atoms with Gasteiger partial charge in [0.25, 0.3) is 5.89 Å². The quantitative estimate of drug-likeness (QED) is 0.423. The van der Waals surface area contributed by atoms with Crippen molar-refractivity contribution in [1.29, 1.82) is 0 Å². The molecule has 0 fully saturated rings. The van der Waals surface area contributed by atoms with E-state index in [4.69, 9.17) is 23.7 Å². The van der Waals surface area contributed by atoms with Crippen LogP contribution < -0.4 is 14.8 Å². The Morgan fingerprint density at radius 2 is 1.77 bits per heavy atom. The Morgan fingerprint density at radius 3 is 2.43 bits per heavy atom. The van der Waals surface area contributed by atoms with Crippen molar-refractivity contribution in [3.05, 3.63) is 65.7 Å². The van der Waals surface area contributed by atoms with E-state index < -0.39 is 6.04 Å². The summed E-state index contributed by atoms with van der Waals surface area (Å²) in [7, 11) is 3.26. The van der Waals surface area contributed by atoms with Gasteiger partial charge in [0, 0.05) is 31.5 Å². The molecule has 0 radical (unpaired) electrons. The zero-order chi connectivity index (χ0) is 24.8. The Bertz CT molecular complexity index is 1170. The summed E-state index contributed by atoms with van der Waals surface area (Å²) >= 11 is 0. The van der Waals surface area contributed by atoms with Crippen molar-refractivity contribution in [3.8, 4) is 22.9 Å². The molecule has 1 unspecified atom stereocenters. The molecule has 0 bridgehead atoms. The first-order valence-corrected chi connectivity index (χ1v) is 11.5. The summed E-state index contributed by atoms with van der Waals surface area (Å²) in [5.41, 5.74) is 3.19. The van der Waals surface area contributed by atoms with Crippen LogP contribution in [0, 0.1) is 0 Å². The first kappa shape index (κ1) is 24.3. The van der Waals surface area contributed by atoms with Gasteiger partial charge in [0.05, 0.1) is 25.3 Å². The molecule has 3 aromatic rings. The number of nitrogens with zero attached hydrogens (tertiary/aromatic N) is 3. The molecule has 0 aliphatic carbocycles. The fourth-order valence-corrected chi connectivity index (χ4v) is 4.06. The Morgan fingerprint density at radius 1 is 1.06 bits per heavy atom. The number of benzene rings is 2. The summed E-state index contributed by atoms with van der Waals surface area (Å²) in [5.74, 6) is 2.32. The summed E-state index contributed by atoms with van der Waals surface area (Å²) in [6.07, 6.45) is 0.697. The number of nitrogens with one attached hydrogen (secondary N) is 1. The van der Waals surface area contributed by atoms with Crippen molar-refractivity contribution in [2.75, 3.05) is 34.0 Å². The Labute approximate surface area is 204 Å². The molecule has 4 rings (SSSR count). The first-order chi connectivity index (χ1) is 17.0. The molecule has 2 heterocycles. The largest absolute Gasteiger partial charge is 0.497 e. The van der Waals surface area contributed by atoms with Crippen molar-refractivity contribution in [2.24, 2.45) is 0 Å². The third-order valence-electron chi connectivity index (χ3n) is 5.86. The highest BCUT2D eigenvalue weighted by Gasteiger charge is 2.35. The molecule has 9 nitrogen and oxygen atoms in total. The lowest BCUT2D eigenvalue weighted by Crippen LogP contribution is -2.46. The molecule has 35 heavy (non-hydrogen) atoms. The minimum absolute atomic E-state index is 0.186. The van der Waals surface area contributed by atoms with E-state index in [1.165, 1.54) is 0 Å². The van der Waals surface area contributed by atoms with Gasteiger partial charge in [-0.15, -0.1) is 0 Å². The van der Waals surface area contributed by atoms with Crippen LogP contribution in [-0.2, 0) is 4.74 Å². The molecule has 1 N–H and O–H groups in total. The summed E-state index contributed by atoms with van der Waals surface area (Å²) in [6, 6.07) is 14.4. The molecule has 0 saturated carbocycles. The molecule has 1 aromatic heterocycles. The summed E-state index contributed by atoms with van der Waals surface area (Å²) in [6.45, 7) is 5.49. The van der Waals surface area contributed by atoms with Crippen LogP contribution in [0.25, 0.3) is 17.0 Å². The number of carbonyl (C=O) groups excluding carboxylic acids is 1. The summed E-state index contributed by atoms with van der Waals surface area (Å²) in [5, 5.41) is 7.31. The summed E-state index contributed by atoms with van der Waals surface area (Å²) in [4.78, 5) is 19.4. The number of amides is 2. The maximum atomic E-state index is 13.0. The maximum Gasteiger partial charge on any atom is 0.322 e.